The Kier molecular flexibility index (Phi) is 9.82. The van der Waals surface area contributed by atoms with Crippen LogP contribution in [0.1, 0.15) is 82.1 Å². The van der Waals surface area contributed by atoms with E-state index in [-0.39, 0.29) is 18.1 Å². The van der Waals surface area contributed by atoms with Gasteiger partial charge in [-0.15, -0.1) is 0 Å². The maximum atomic E-state index is 13.8. The summed E-state index contributed by atoms with van der Waals surface area (Å²) < 4.78 is 17.8. The summed E-state index contributed by atoms with van der Waals surface area (Å²) in [5.41, 5.74) is 1.09. The molecule has 1 aliphatic heterocycles. The number of para-hydroxylation sites is 1. The number of amides is 1. The number of hydrogen-bond donors (Lipinski definition) is 1. The van der Waals surface area contributed by atoms with Gasteiger partial charge in [-0.1, -0.05) is 25.3 Å². The zero-order valence-corrected chi connectivity index (χ0v) is 22.3. The second-order valence-electron chi connectivity index (χ2n) is 10.4. The fourth-order valence-corrected chi connectivity index (χ4v) is 5.28. The Hall–Kier alpha value is -2.38. The van der Waals surface area contributed by atoms with Gasteiger partial charge < -0.3 is 24.4 Å². The summed E-state index contributed by atoms with van der Waals surface area (Å²) in [6.07, 6.45) is 10.7. The quantitative estimate of drug-likeness (QED) is 0.352. The van der Waals surface area contributed by atoms with Crippen LogP contribution in [0.4, 0.5) is 0 Å². The van der Waals surface area contributed by atoms with Crippen LogP contribution in [0, 0.1) is 0 Å². The van der Waals surface area contributed by atoms with Crippen molar-refractivity contribution in [3.05, 3.63) is 30.0 Å². The highest BCUT2D eigenvalue weighted by atomic mass is 16.5. The molecule has 1 aromatic heterocycles. The fraction of sp³-hybridized carbons (Fsp3) is 0.655. The molecule has 198 valence electrons. The molecule has 0 spiro atoms. The van der Waals surface area contributed by atoms with Crippen molar-refractivity contribution in [1.29, 1.82) is 0 Å². The SMILES string of the molecule is COCCOc1cc(C(=O)N(CC2CCCCN2)C(C)C)nc2c(OC3CCCCCC3)cccc12. The number of nitrogens with one attached hydrogen (secondary N) is 1. The van der Waals surface area contributed by atoms with E-state index in [0.29, 0.717) is 42.8 Å². The number of rotatable bonds is 10. The molecule has 2 fully saturated rings. The first kappa shape index (κ1) is 26.7. The van der Waals surface area contributed by atoms with Crippen LogP contribution in [0.25, 0.3) is 10.9 Å². The van der Waals surface area contributed by atoms with Crippen molar-refractivity contribution in [1.82, 2.24) is 15.2 Å². The first-order valence-electron chi connectivity index (χ1n) is 13.8. The third-order valence-corrected chi connectivity index (χ3v) is 7.34. The summed E-state index contributed by atoms with van der Waals surface area (Å²) in [7, 11) is 1.65. The lowest BCUT2D eigenvalue weighted by atomic mass is 10.0. The molecule has 1 unspecified atom stereocenters. The van der Waals surface area contributed by atoms with E-state index in [4.69, 9.17) is 19.2 Å². The Labute approximate surface area is 215 Å². The molecule has 1 aliphatic carbocycles. The van der Waals surface area contributed by atoms with E-state index >= 15 is 0 Å². The summed E-state index contributed by atoms with van der Waals surface area (Å²) in [6, 6.07) is 8.12. The van der Waals surface area contributed by atoms with Crippen LogP contribution in [-0.2, 0) is 4.74 Å². The Morgan fingerprint density at radius 2 is 1.83 bits per heavy atom. The van der Waals surface area contributed by atoms with Gasteiger partial charge in [-0.2, -0.15) is 0 Å². The van der Waals surface area contributed by atoms with E-state index in [2.05, 4.69) is 19.2 Å². The summed E-state index contributed by atoms with van der Waals surface area (Å²) in [5, 5.41) is 4.43. The van der Waals surface area contributed by atoms with Gasteiger partial charge in [-0.05, 0) is 71.0 Å². The van der Waals surface area contributed by atoms with Gasteiger partial charge in [0, 0.05) is 37.2 Å². The van der Waals surface area contributed by atoms with Crippen LogP contribution in [0.15, 0.2) is 24.3 Å². The molecule has 4 rings (SSSR count). The number of methoxy groups -OCH3 is 1. The molecule has 2 aromatic rings. The molecule has 7 nitrogen and oxygen atoms in total. The number of carbonyl (C=O) groups is 1. The van der Waals surface area contributed by atoms with Crippen LogP contribution < -0.4 is 14.8 Å². The Morgan fingerprint density at radius 3 is 2.53 bits per heavy atom. The van der Waals surface area contributed by atoms with Crippen LogP contribution in [0.3, 0.4) is 0 Å². The predicted molar refractivity (Wildman–Crippen MR) is 143 cm³/mol. The standard InChI is InChI=1S/C29H43N3O4/c1-21(2)32(20-22-11-8-9-16-30-22)29(33)25-19-27(35-18-17-34-3)24-14-10-15-26(28(24)31-25)36-23-12-6-4-5-7-13-23/h10,14-15,19,21-23,30H,4-9,11-13,16-18,20H2,1-3H3. The summed E-state index contributed by atoms with van der Waals surface area (Å²) in [5.74, 6) is 1.31. The van der Waals surface area contributed by atoms with Gasteiger partial charge >= 0.3 is 0 Å². The molecule has 1 saturated carbocycles. The topological polar surface area (TPSA) is 72.9 Å². The van der Waals surface area contributed by atoms with Crippen molar-refractivity contribution >= 4 is 16.8 Å². The number of hydrogen-bond acceptors (Lipinski definition) is 6. The maximum absolute atomic E-state index is 13.8. The number of piperidine rings is 1. The Bertz CT molecular complexity index is 982. The van der Waals surface area contributed by atoms with Gasteiger partial charge in [-0.25, -0.2) is 4.98 Å². The van der Waals surface area contributed by atoms with E-state index in [1.165, 1.54) is 38.5 Å². The normalized spacial score (nSPS) is 19.3. The molecule has 1 saturated heterocycles. The molecule has 0 bridgehead atoms. The molecule has 1 atom stereocenters. The maximum Gasteiger partial charge on any atom is 0.272 e. The molecule has 1 N–H and O–H groups in total. The van der Waals surface area contributed by atoms with Gasteiger partial charge in [0.1, 0.15) is 29.3 Å². The molecule has 0 radical (unpaired) electrons. The van der Waals surface area contributed by atoms with Crippen molar-refractivity contribution < 1.29 is 19.0 Å². The first-order valence-corrected chi connectivity index (χ1v) is 13.8. The summed E-state index contributed by atoms with van der Waals surface area (Å²) in [4.78, 5) is 20.7. The van der Waals surface area contributed by atoms with Crippen molar-refractivity contribution in [3.8, 4) is 11.5 Å². The van der Waals surface area contributed by atoms with Crippen molar-refractivity contribution in [2.45, 2.75) is 89.8 Å². The van der Waals surface area contributed by atoms with Crippen molar-refractivity contribution in [2.75, 3.05) is 33.4 Å². The van der Waals surface area contributed by atoms with E-state index in [9.17, 15) is 4.79 Å². The molecule has 2 heterocycles. The Morgan fingerprint density at radius 1 is 1.06 bits per heavy atom. The van der Waals surface area contributed by atoms with E-state index < -0.39 is 0 Å². The van der Waals surface area contributed by atoms with Gasteiger partial charge in [0.05, 0.1) is 12.7 Å². The highest BCUT2D eigenvalue weighted by Crippen LogP contribution is 2.34. The Balaban J connectivity index is 1.67. The van der Waals surface area contributed by atoms with Crippen molar-refractivity contribution in [3.63, 3.8) is 0 Å². The summed E-state index contributed by atoms with van der Waals surface area (Å²) >= 11 is 0. The lowest BCUT2D eigenvalue weighted by molar-refractivity contribution is 0.0670. The lowest BCUT2D eigenvalue weighted by Gasteiger charge is -2.33. The zero-order chi connectivity index (χ0) is 25.3. The highest BCUT2D eigenvalue weighted by molar-refractivity contribution is 5.98. The highest BCUT2D eigenvalue weighted by Gasteiger charge is 2.26. The predicted octanol–water partition coefficient (Wildman–Crippen LogP) is 5.35. The number of ether oxygens (including phenoxy) is 3. The number of carbonyl (C=O) groups excluding carboxylic acids is 1. The van der Waals surface area contributed by atoms with Gasteiger partial charge in [0.25, 0.3) is 5.91 Å². The minimum absolute atomic E-state index is 0.0639. The van der Waals surface area contributed by atoms with Crippen LogP contribution in [-0.4, -0.2) is 67.4 Å². The van der Waals surface area contributed by atoms with Gasteiger partial charge in [-0.3, -0.25) is 4.79 Å². The summed E-state index contributed by atoms with van der Waals surface area (Å²) in [6.45, 7) is 6.69. The first-order chi connectivity index (χ1) is 17.6. The molecule has 2 aliphatic rings. The molecular weight excluding hydrogens is 454 g/mol. The molecule has 1 aromatic carbocycles. The van der Waals surface area contributed by atoms with E-state index in [0.717, 1.165) is 36.9 Å². The molecule has 1 amide bonds. The largest absolute Gasteiger partial charge is 0.490 e. The molecule has 7 heteroatoms. The molecule has 36 heavy (non-hydrogen) atoms. The zero-order valence-electron chi connectivity index (χ0n) is 22.3. The second kappa shape index (κ2) is 13.2. The van der Waals surface area contributed by atoms with Crippen molar-refractivity contribution in [2.24, 2.45) is 0 Å². The lowest BCUT2D eigenvalue weighted by Crippen LogP contribution is -2.48. The van der Waals surface area contributed by atoms with E-state index in [1.807, 2.05) is 23.1 Å². The average Bonchev–Trinajstić information content (AvgIpc) is 3.16. The third kappa shape index (κ3) is 6.88. The van der Waals surface area contributed by atoms with E-state index in [1.54, 1.807) is 13.2 Å². The minimum Gasteiger partial charge on any atom is -0.490 e. The van der Waals surface area contributed by atoms with Gasteiger partial charge in [0.2, 0.25) is 0 Å². The average molecular weight is 498 g/mol. The number of nitrogens with zero attached hydrogens (tertiary/aromatic N) is 2. The van der Waals surface area contributed by atoms with Crippen LogP contribution in [0.5, 0.6) is 11.5 Å². The molecular formula is C29H43N3O4. The number of pyridine rings is 1. The second-order valence-corrected chi connectivity index (χ2v) is 10.4. The van der Waals surface area contributed by atoms with Gasteiger partial charge in [0.15, 0.2) is 0 Å². The fourth-order valence-electron chi connectivity index (χ4n) is 5.28. The monoisotopic (exact) mass is 497 g/mol. The number of aromatic nitrogens is 1. The number of benzene rings is 1. The minimum atomic E-state index is -0.0693. The van der Waals surface area contributed by atoms with Crippen LogP contribution in [0.2, 0.25) is 0 Å². The number of fused-ring (bicyclic) bond motifs is 1. The smallest absolute Gasteiger partial charge is 0.272 e. The van der Waals surface area contributed by atoms with Crippen LogP contribution >= 0.6 is 0 Å². The third-order valence-electron chi connectivity index (χ3n) is 7.34.